The molecule has 1 N–H and O–H groups in total. The highest BCUT2D eigenvalue weighted by Gasteiger charge is 2.15. The van der Waals surface area contributed by atoms with Gasteiger partial charge in [0.05, 0.1) is 18.4 Å². The highest BCUT2D eigenvalue weighted by Crippen LogP contribution is 2.19. The number of ether oxygens (including phenoxy) is 1. The first kappa shape index (κ1) is 20.0. The number of carbonyl (C=O) groups excluding carboxylic acids is 2. The van der Waals surface area contributed by atoms with Crippen LogP contribution in [0.4, 0.5) is 11.4 Å². The second-order valence-corrected chi connectivity index (χ2v) is 6.42. The number of hydrogen-bond donors (Lipinski definition) is 1. The van der Waals surface area contributed by atoms with Crippen LogP contribution in [0.25, 0.3) is 0 Å². The van der Waals surface area contributed by atoms with Gasteiger partial charge in [-0.05, 0) is 48.4 Å². The molecule has 3 aromatic rings. The number of anilines is 2. The van der Waals surface area contributed by atoms with Gasteiger partial charge in [0.1, 0.15) is 5.69 Å². The second-order valence-electron chi connectivity index (χ2n) is 6.42. The molecule has 0 atom stereocenters. The van der Waals surface area contributed by atoms with Gasteiger partial charge in [0.2, 0.25) is 0 Å². The van der Waals surface area contributed by atoms with E-state index in [4.69, 9.17) is 4.74 Å². The summed E-state index contributed by atoms with van der Waals surface area (Å²) in [5.74, 6) is -0.913. The zero-order valence-electron chi connectivity index (χ0n) is 16.3. The van der Waals surface area contributed by atoms with Crippen molar-refractivity contribution in [1.82, 2.24) is 9.97 Å². The first-order valence-corrected chi connectivity index (χ1v) is 9.13. The molecule has 2 heterocycles. The Balaban J connectivity index is 1.70. The largest absolute Gasteiger partial charge is 0.465 e. The number of likely N-dealkylation sites (N-methyl/N-ethyl adjacent to an activating group) is 1. The number of hydrogen-bond acceptors (Lipinski definition) is 6. The number of aromatic nitrogens is 2. The molecule has 148 valence electrons. The van der Waals surface area contributed by atoms with E-state index in [0.29, 0.717) is 5.69 Å². The Kier molecular flexibility index (Phi) is 6.52. The van der Waals surface area contributed by atoms with E-state index >= 15 is 0 Å². The number of rotatable bonds is 7. The molecule has 0 saturated carbocycles. The smallest absolute Gasteiger partial charge is 0.339 e. The van der Waals surface area contributed by atoms with Crippen LogP contribution in [0.2, 0.25) is 0 Å². The Morgan fingerprint density at radius 3 is 2.59 bits per heavy atom. The molecule has 1 amide bonds. The van der Waals surface area contributed by atoms with Crippen LogP contribution in [-0.4, -0.2) is 42.5 Å². The minimum Gasteiger partial charge on any atom is -0.465 e. The third-order valence-electron chi connectivity index (χ3n) is 4.48. The van der Waals surface area contributed by atoms with E-state index in [2.05, 4.69) is 20.2 Å². The van der Waals surface area contributed by atoms with E-state index in [0.717, 1.165) is 18.7 Å². The van der Waals surface area contributed by atoms with Crippen LogP contribution in [0.15, 0.2) is 67.1 Å². The number of carbonyl (C=O) groups is 2. The van der Waals surface area contributed by atoms with Gasteiger partial charge in [-0.2, -0.15) is 0 Å². The molecule has 0 bridgehead atoms. The molecule has 0 aliphatic carbocycles. The molecule has 0 spiro atoms. The molecule has 0 aliphatic rings. The maximum atomic E-state index is 12.7. The lowest BCUT2D eigenvalue weighted by Crippen LogP contribution is -2.22. The van der Waals surface area contributed by atoms with Gasteiger partial charge in [-0.3, -0.25) is 14.8 Å². The molecule has 0 radical (unpaired) electrons. The molecular weight excluding hydrogens is 368 g/mol. The SMILES string of the molecule is COC(=O)c1ccccc1NC(=O)c1cc(N(C)CCc2ccncc2)ccn1. The quantitative estimate of drug-likeness (QED) is 0.624. The Hall–Kier alpha value is -3.74. The van der Waals surface area contributed by atoms with Gasteiger partial charge in [0, 0.05) is 37.9 Å². The van der Waals surface area contributed by atoms with Crippen molar-refractivity contribution in [3.8, 4) is 0 Å². The van der Waals surface area contributed by atoms with Crippen LogP contribution in [0.1, 0.15) is 26.4 Å². The predicted molar refractivity (Wildman–Crippen MR) is 111 cm³/mol. The van der Waals surface area contributed by atoms with E-state index in [1.54, 1.807) is 48.9 Å². The van der Waals surface area contributed by atoms with Crippen LogP contribution in [-0.2, 0) is 11.2 Å². The van der Waals surface area contributed by atoms with Gasteiger partial charge in [0.25, 0.3) is 5.91 Å². The fraction of sp³-hybridized carbons (Fsp3) is 0.182. The summed E-state index contributed by atoms with van der Waals surface area (Å²) in [6, 6.07) is 14.2. The van der Waals surface area contributed by atoms with E-state index in [9.17, 15) is 9.59 Å². The number of esters is 1. The summed E-state index contributed by atoms with van der Waals surface area (Å²) in [4.78, 5) is 34.8. The van der Waals surface area contributed by atoms with Gasteiger partial charge in [-0.1, -0.05) is 12.1 Å². The summed E-state index contributed by atoms with van der Waals surface area (Å²) in [6.45, 7) is 0.778. The number of amides is 1. The van der Waals surface area contributed by atoms with Crippen molar-refractivity contribution in [3.05, 3.63) is 83.9 Å². The number of methoxy groups -OCH3 is 1. The number of nitrogens with zero attached hydrogens (tertiary/aromatic N) is 3. The number of pyridine rings is 2. The van der Waals surface area contributed by atoms with E-state index in [1.165, 1.54) is 12.7 Å². The molecule has 7 heteroatoms. The fourth-order valence-electron chi connectivity index (χ4n) is 2.82. The number of benzene rings is 1. The second kappa shape index (κ2) is 9.45. The van der Waals surface area contributed by atoms with Crippen molar-refractivity contribution < 1.29 is 14.3 Å². The maximum Gasteiger partial charge on any atom is 0.339 e. The molecular formula is C22H22N4O3. The molecule has 7 nitrogen and oxygen atoms in total. The average Bonchev–Trinajstić information content (AvgIpc) is 2.78. The number of para-hydroxylation sites is 1. The highest BCUT2D eigenvalue weighted by molar-refractivity contribution is 6.07. The van der Waals surface area contributed by atoms with Crippen molar-refractivity contribution in [1.29, 1.82) is 0 Å². The molecule has 0 aliphatic heterocycles. The first-order chi connectivity index (χ1) is 14.1. The summed E-state index contributed by atoms with van der Waals surface area (Å²) in [7, 11) is 3.26. The summed E-state index contributed by atoms with van der Waals surface area (Å²) in [6.07, 6.45) is 6.00. The highest BCUT2D eigenvalue weighted by atomic mass is 16.5. The molecule has 0 unspecified atom stereocenters. The monoisotopic (exact) mass is 390 g/mol. The zero-order chi connectivity index (χ0) is 20.6. The van der Waals surface area contributed by atoms with Gasteiger partial charge in [0.15, 0.2) is 0 Å². The lowest BCUT2D eigenvalue weighted by Gasteiger charge is -2.19. The topological polar surface area (TPSA) is 84.4 Å². The fourth-order valence-corrected chi connectivity index (χ4v) is 2.82. The molecule has 2 aromatic heterocycles. The Morgan fingerprint density at radius 1 is 1.07 bits per heavy atom. The maximum absolute atomic E-state index is 12.7. The van der Waals surface area contributed by atoms with Crippen molar-refractivity contribution in [2.75, 3.05) is 30.9 Å². The average molecular weight is 390 g/mol. The Morgan fingerprint density at radius 2 is 1.83 bits per heavy atom. The summed E-state index contributed by atoms with van der Waals surface area (Å²) < 4.78 is 4.76. The number of nitrogens with one attached hydrogen (secondary N) is 1. The van der Waals surface area contributed by atoms with Gasteiger partial charge < -0.3 is 15.0 Å². The van der Waals surface area contributed by atoms with Crippen molar-refractivity contribution in [2.45, 2.75) is 6.42 Å². The van der Waals surface area contributed by atoms with Gasteiger partial charge in [-0.15, -0.1) is 0 Å². The molecule has 29 heavy (non-hydrogen) atoms. The van der Waals surface area contributed by atoms with Crippen LogP contribution in [0.5, 0.6) is 0 Å². The lowest BCUT2D eigenvalue weighted by molar-refractivity contribution is 0.0602. The zero-order valence-corrected chi connectivity index (χ0v) is 16.3. The Labute approximate surface area is 169 Å². The Bertz CT molecular complexity index is 992. The molecule has 3 rings (SSSR count). The van der Waals surface area contributed by atoms with Crippen LogP contribution in [0, 0.1) is 0 Å². The van der Waals surface area contributed by atoms with Crippen molar-refractivity contribution in [2.24, 2.45) is 0 Å². The van der Waals surface area contributed by atoms with Crippen molar-refractivity contribution in [3.63, 3.8) is 0 Å². The molecule has 0 saturated heterocycles. The third kappa shape index (κ3) is 5.16. The van der Waals surface area contributed by atoms with E-state index in [-0.39, 0.29) is 11.3 Å². The van der Waals surface area contributed by atoms with Gasteiger partial charge >= 0.3 is 5.97 Å². The summed E-state index contributed by atoms with van der Waals surface area (Å²) in [5.41, 5.74) is 2.99. The minimum atomic E-state index is -0.515. The first-order valence-electron chi connectivity index (χ1n) is 9.13. The van der Waals surface area contributed by atoms with Crippen LogP contribution >= 0.6 is 0 Å². The van der Waals surface area contributed by atoms with Crippen LogP contribution in [0.3, 0.4) is 0 Å². The molecule has 0 fully saturated rings. The normalized spacial score (nSPS) is 10.3. The van der Waals surface area contributed by atoms with Gasteiger partial charge in [-0.25, -0.2) is 4.79 Å². The summed E-state index contributed by atoms with van der Waals surface area (Å²) in [5, 5.41) is 2.74. The van der Waals surface area contributed by atoms with E-state index in [1.807, 2.05) is 25.2 Å². The standard InChI is InChI=1S/C22H22N4O3/c1-26(14-10-16-7-11-23-12-8-16)17-9-13-24-20(15-17)21(27)25-19-6-4-3-5-18(19)22(28)29-2/h3-9,11-13,15H,10,14H2,1-2H3,(H,25,27). The predicted octanol–water partition coefficient (Wildman–Crippen LogP) is 3.19. The van der Waals surface area contributed by atoms with E-state index < -0.39 is 11.9 Å². The minimum absolute atomic E-state index is 0.262. The lowest BCUT2D eigenvalue weighted by atomic mass is 10.1. The van der Waals surface area contributed by atoms with Crippen LogP contribution < -0.4 is 10.2 Å². The molecule has 1 aromatic carbocycles. The third-order valence-corrected chi connectivity index (χ3v) is 4.48. The summed E-state index contributed by atoms with van der Waals surface area (Å²) >= 11 is 0. The van der Waals surface area contributed by atoms with Crippen molar-refractivity contribution >= 4 is 23.3 Å².